The van der Waals surface area contributed by atoms with Crippen LogP contribution in [-0.2, 0) is 14.3 Å². The molecule has 1 aliphatic heterocycles. The lowest BCUT2D eigenvalue weighted by Crippen LogP contribution is -2.37. The van der Waals surface area contributed by atoms with E-state index in [0.29, 0.717) is 25.3 Å². The van der Waals surface area contributed by atoms with Crippen LogP contribution in [0.25, 0.3) is 0 Å². The van der Waals surface area contributed by atoms with E-state index in [1.165, 1.54) is 32.1 Å². The Morgan fingerprint density at radius 3 is 2.57 bits per heavy atom. The number of carbonyl (C=O) groups excluding carboxylic acids is 1. The normalized spacial score (nSPS) is 27.0. The molecular formula is C16H27NO4. The van der Waals surface area contributed by atoms with Gasteiger partial charge in [0.25, 0.3) is 0 Å². The van der Waals surface area contributed by atoms with Gasteiger partial charge in [0.1, 0.15) is 0 Å². The van der Waals surface area contributed by atoms with Gasteiger partial charge < -0.3 is 14.7 Å². The standard InChI is InChI=1S/C16H27NO4/c1-21-14-9-13(10-16(19)20)17(11-14)15(18)8-7-12-5-3-2-4-6-12/h12-14H,2-11H2,1H3,(H,19,20). The highest BCUT2D eigenvalue weighted by Crippen LogP contribution is 2.29. The first-order chi connectivity index (χ1) is 10.1. The van der Waals surface area contributed by atoms with Gasteiger partial charge in [-0.15, -0.1) is 0 Å². The number of rotatable bonds is 6. The number of carboxylic acids is 1. The minimum absolute atomic E-state index is 0.0204. The largest absolute Gasteiger partial charge is 0.481 e. The molecule has 1 amide bonds. The van der Waals surface area contributed by atoms with E-state index in [4.69, 9.17) is 9.84 Å². The number of methoxy groups -OCH3 is 1. The van der Waals surface area contributed by atoms with Crippen LogP contribution in [0.4, 0.5) is 0 Å². The Labute approximate surface area is 126 Å². The lowest BCUT2D eigenvalue weighted by molar-refractivity contribution is -0.140. The number of amides is 1. The molecule has 0 aromatic carbocycles. The molecule has 0 radical (unpaired) electrons. The molecule has 5 heteroatoms. The molecule has 2 rings (SSSR count). The van der Waals surface area contributed by atoms with Gasteiger partial charge in [-0.3, -0.25) is 9.59 Å². The average Bonchev–Trinajstić information content (AvgIpc) is 2.88. The van der Waals surface area contributed by atoms with E-state index in [9.17, 15) is 9.59 Å². The third-order valence-electron chi connectivity index (χ3n) is 4.93. The number of aliphatic carboxylic acids is 1. The summed E-state index contributed by atoms with van der Waals surface area (Å²) in [7, 11) is 1.62. The molecule has 0 bridgehead atoms. The van der Waals surface area contributed by atoms with E-state index < -0.39 is 5.97 Å². The second kappa shape index (κ2) is 7.78. The van der Waals surface area contributed by atoms with Crippen LogP contribution in [0.15, 0.2) is 0 Å². The predicted octanol–water partition coefficient (Wildman–Crippen LogP) is 2.44. The summed E-state index contributed by atoms with van der Waals surface area (Å²) in [6.45, 7) is 0.540. The second-order valence-electron chi connectivity index (χ2n) is 6.43. The topological polar surface area (TPSA) is 66.8 Å². The Morgan fingerprint density at radius 1 is 1.24 bits per heavy atom. The van der Waals surface area contributed by atoms with Crippen molar-refractivity contribution in [3.8, 4) is 0 Å². The van der Waals surface area contributed by atoms with E-state index in [-0.39, 0.29) is 24.5 Å². The first-order valence-electron chi connectivity index (χ1n) is 8.14. The van der Waals surface area contributed by atoms with Gasteiger partial charge in [0.15, 0.2) is 0 Å². The van der Waals surface area contributed by atoms with Crippen molar-refractivity contribution in [2.24, 2.45) is 5.92 Å². The van der Waals surface area contributed by atoms with Crippen molar-refractivity contribution in [1.29, 1.82) is 0 Å². The minimum Gasteiger partial charge on any atom is -0.481 e. The van der Waals surface area contributed by atoms with Gasteiger partial charge in [-0.05, 0) is 18.8 Å². The quantitative estimate of drug-likeness (QED) is 0.817. The average molecular weight is 297 g/mol. The number of hydrogen-bond donors (Lipinski definition) is 1. The van der Waals surface area contributed by atoms with Crippen LogP contribution in [0.3, 0.4) is 0 Å². The van der Waals surface area contributed by atoms with E-state index >= 15 is 0 Å². The Bertz CT molecular complexity index is 365. The van der Waals surface area contributed by atoms with Gasteiger partial charge in [-0.2, -0.15) is 0 Å². The van der Waals surface area contributed by atoms with Crippen LogP contribution in [-0.4, -0.2) is 47.7 Å². The van der Waals surface area contributed by atoms with Gasteiger partial charge in [0.05, 0.1) is 12.5 Å². The third-order valence-corrected chi connectivity index (χ3v) is 4.93. The van der Waals surface area contributed by atoms with Gasteiger partial charge >= 0.3 is 5.97 Å². The zero-order chi connectivity index (χ0) is 15.2. The van der Waals surface area contributed by atoms with Crippen LogP contribution < -0.4 is 0 Å². The lowest BCUT2D eigenvalue weighted by atomic mass is 9.86. The van der Waals surface area contributed by atoms with E-state index in [2.05, 4.69) is 0 Å². The maximum Gasteiger partial charge on any atom is 0.305 e. The van der Waals surface area contributed by atoms with Crippen molar-refractivity contribution in [2.75, 3.05) is 13.7 Å². The molecule has 2 aliphatic rings. The van der Waals surface area contributed by atoms with Gasteiger partial charge in [-0.25, -0.2) is 0 Å². The second-order valence-corrected chi connectivity index (χ2v) is 6.43. The molecule has 1 aliphatic carbocycles. The fourth-order valence-corrected chi connectivity index (χ4v) is 3.69. The number of ether oxygens (including phenoxy) is 1. The number of carboxylic acid groups (broad SMARTS) is 1. The Kier molecular flexibility index (Phi) is 6.03. The molecule has 1 saturated carbocycles. The molecule has 2 fully saturated rings. The smallest absolute Gasteiger partial charge is 0.305 e. The summed E-state index contributed by atoms with van der Waals surface area (Å²) < 4.78 is 5.31. The highest BCUT2D eigenvalue weighted by molar-refractivity contribution is 5.78. The molecule has 120 valence electrons. The molecule has 1 N–H and O–H groups in total. The molecule has 1 heterocycles. The molecule has 0 aromatic heterocycles. The Hall–Kier alpha value is -1.10. The molecular weight excluding hydrogens is 270 g/mol. The van der Waals surface area contributed by atoms with Crippen LogP contribution in [0.5, 0.6) is 0 Å². The van der Waals surface area contributed by atoms with Crippen molar-refractivity contribution >= 4 is 11.9 Å². The number of likely N-dealkylation sites (tertiary alicyclic amines) is 1. The van der Waals surface area contributed by atoms with Crippen molar-refractivity contribution in [3.63, 3.8) is 0 Å². The van der Waals surface area contributed by atoms with Crippen LogP contribution in [0.2, 0.25) is 0 Å². The summed E-state index contributed by atoms with van der Waals surface area (Å²) in [6.07, 6.45) is 8.53. The highest BCUT2D eigenvalue weighted by atomic mass is 16.5. The van der Waals surface area contributed by atoms with Crippen LogP contribution >= 0.6 is 0 Å². The summed E-state index contributed by atoms with van der Waals surface area (Å²) in [5.74, 6) is -0.0605. The lowest BCUT2D eigenvalue weighted by Gasteiger charge is -2.25. The van der Waals surface area contributed by atoms with Crippen molar-refractivity contribution < 1.29 is 19.4 Å². The van der Waals surface area contributed by atoms with Gasteiger partial charge in [0, 0.05) is 26.1 Å². The SMILES string of the molecule is COC1CC(CC(=O)O)N(C(=O)CCC2CCCCC2)C1. The maximum atomic E-state index is 12.4. The molecule has 1 saturated heterocycles. The highest BCUT2D eigenvalue weighted by Gasteiger charge is 2.36. The van der Waals surface area contributed by atoms with Crippen molar-refractivity contribution in [2.45, 2.75) is 69.9 Å². The first-order valence-corrected chi connectivity index (χ1v) is 8.14. The monoisotopic (exact) mass is 297 g/mol. The van der Waals surface area contributed by atoms with Crippen LogP contribution in [0.1, 0.15) is 57.8 Å². The summed E-state index contributed by atoms with van der Waals surface area (Å²) >= 11 is 0. The summed E-state index contributed by atoms with van der Waals surface area (Å²) in [5.41, 5.74) is 0. The predicted molar refractivity (Wildman–Crippen MR) is 79.0 cm³/mol. The molecule has 0 aromatic rings. The van der Waals surface area contributed by atoms with Gasteiger partial charge in [-0.1, -0.05) is 32.1 Å². The third kappa shape index (κ3) is 4.70. The van der Waals surface area contributed by atoms with Crippen molar-refractivity contribution in [3.05, 3.63) is 0 Å². The first kappa shape index (κ1) is 16.3. The zero-order valence-electron chi connectivity index (χ0n) is 12.9. The van der Waals surface area contributed by atoms with Crippen molar-refractivity contribution in [1.82, 2.24) is 4.90 Å². The summed E-state index contributed by atoms with van der Waals surface area (Å²) in [5, 5.41) is 8.99. The fourth-order valence-electron chi connectivity index (χ4n) is 3.69. The molecule has 0 spiro atoms. The number of nitrogens with zero attached hydrogens (tertiary/aromatic N) is 1. The molecule has 5 nitrogen and oxygen atoms in total. The Balaban J connectivity index is 1.84. The number of carbonyl (C=O) groups is 2. The fraction of sp³-hybridized carbons (Fsp3) is 0.875. The molecule has 21 heavy (non-hydrogen) atoms. The summed E-state index contributed by atoms with van der Waals surface area (Å²) in [4.78, 5) is 25.1. The van der Waals surface area contributed by atoms with Crippen LogP contribution in [0, 0.1) is 5.92 Å². The van der Waals surface area contributed by atoms with Gasteiger partial charge in [0.2, 0.25) is 5.91 Å². The van der Waals surface area contributed by atoms with E-state index in [1.54, 1.807) is 12.0 Å². The molecule has 2 unspecified atom stereocenters. The molecule has 2 atom stereocenters. The van der Waals surface area contributed by atoms with E-state index in [1.807, 2.05) is 0 Å². The Morgan fingerprint density at radius 2 is 1.95 bits per heavy atom. The van der Waals surface area contributed by atoms with E-state index in [0.717, 1.165) is 6.42 Å². The summed E-state index contributed by atoms with van der Waals surface area (Å²) in [6, 6.07) is -0.202. The minimum atomic E-state index is -0.846. The zero-order valence-corrected chi connectivity index (χ0v) is 12.9. The maximum absolute atomic E-state index is 12.4. The number of hydrogen-bond acceptors (Lipinski definition) is 3.